The number of nitrogens with one attached hydrogen (secondary N) is 1. The van der Waals surface area contributed by atoms with E-state index < -0.39 is 5.60 Å². The Kier molecular flexibility index (Phi) is 4.80. The Bertz CT molecular complexity index is 579. The minimum Gasteiger partial charge on any atom is -0.380 e. The summed E-state index contributed by atoms with van der Waals surface area (Å²) in [6.07, 6.45) is 2.86. The molecule has 1 saturated heterocycles. The minimum atomic E-state index is -1.22. The van der Waals surface area contributed by atoms with E-state index in [9.17, 15) is 9.90 Å². The van der Waals surface area contributed by atoms with Gasteiger partial charge in [0.05, 0.1) is 10.7 Å². The summed E-state index contributed by atoms with van der Waals surface area (Å²) in [5, 5.41) is 13.7. The van der Waals surface area contributed by atoms with Crippen LogP contribution in [-0.4, -0.2) is 54.7 Å². The number of halogens is 1. The van der Waals surface area contributed by atoms with E-state index in [0.29, 0.717) is 23.6 Å². The van der Waals surface area contributed by atoms with Crippen molar-refractivity contribution in [3.05, 3.63) is 23.2 Å². The fourth-order valence-corrected chi connectivity index (χ4v) is 3.62. The maximum atomic E-state index is 12.3. The molecule has 2 fully saturated rings. The summed E-state index contributed by atoms with van der Waals surface area (Å²) in [7, 11) is 2.12. The second-order valence-corrected chi connectivity index (χ2v) is 7.06. The van der Waals surface area contributed by atoms with Crippen molar-refractivity contribution in [2.24, 2.45) is 0 Å². The van der Waals surface area contributed by atoms with E-state index in [-0.39, 0.29) is 5.91 Å². The minimum absolute atomic E-state index is 0.321. The molecule has 2 aliphatic rings. The number of piperazine rings is 1. The van der Waals surface area contributed by atoms with Crippen LogP contribution in [0.25, 0.3) is 0 Å². The Morgan fingerprint density at radius 2 is 1.87 bits per heavy atom. The van der Waals surface area contributed by atoms with Gasteiger partial charge in [0.25, 0.3) is 5.91 Å². The number of nitrogens with zero attached hydrogens (tertiary/aromatic N) is 2. The van der Waals surface area contributed by atoms with Crippen LogP contribution in [0.4, 0.5) is 11.4 Å². The Morgan fingerprint density at radius 3 is 2.48 bits per heavy atom. The lowest BCUT2D eigenvalue weighted by Crippen LogP contribution is -2.44. The molecule has 3 rings (SSSR count). The van der Waals surface area contributed by atoms with Crippen LogP contribution in [0.5, 0.6) is 0 Å². The van der Waals surface area contributed by atoms with Crippen molar-refractivity contribution in [2.45, 2.75) is 31.3 Å². The number of benzene rings is 1. The third-order valence-corrected chi connectivity index (χ3v) is 5.21. The maximum Gasteiger partial charge on any atom is 0.256 e. The van der Waals surface area contributed by atoms with Gasteiger partial charge in [-0.3, -0.25) is 4.79 Å². The molecule has 1 aliphatic carbocycles. The number of likely N-dealkylation sites (N-methyl/N-ethyl adjacent to an activating group) is 1. The number of hydrogen-bond acceptors (Lipinski definition) is 4. The largest absolute Gasteiger partial charge is 0.380 e. The van der Waals surface area contributed by atoms with Crippen LogP contribution in [0.3, 0.4) is 0 Å². The fraction of sp³-hybridized carbons (Fsp3) is 0.588. The molecule has 1 aliphatic heterocycles. The monoisotopic (exact) mass is 337 g/mol. The summed E-state index contributed by atoms with van der Waals surface area (Å²) in [5.41, 5.74) is 0.415. The van der Waals surface area contributed by atoms with Gasteiger partial charge in [-0.25, -0.2) is 0 Å². The highest BCUT2D eigenvalue weighted by Gasteiger charge is 2.38. The molecule has 126 valence electrons. The SMILES string of the molecule is CN1CCN(c2ccc(NC(=O)C3(O)CCCC3)cc2Cl)CC1. The third-order valence-electron chi connectivity index (χ3n) is 4.90. The normalized spacial score (nSPS) is 21.4. The van der Waals surface area contributed by atoms with E-state index in [1.54, 1.807) is 6.07 Å². The number of rotatable bonds is 3. The van der Waals surface area contributed by atoms with E-state index in [2.05, 4.69) is 22.2 Å². The molecule has 0 radical (unpaired) electrons. The number of hydrogen-bond donors (Lipinski definition) is 2. The first-order chi connectivity index (χ1) is 11.0. The number of aliphatic hydroxyl groups is 1. The van der Waals surface area contributed by atoms with Gasteiger partial charge in [0.2, 0.25) is 0 Å². The smallest absolute Gasteiger partial charge is 0.256 e. The first kappa shape index (κ1) is 16.6. The van der Waals surface area contributed by atoms with Crippen molar-refractivity contribution in [1.29, 1.82) is 0 Å². The number of carbonyl (C=O) groups excluding carboxylic acids is 1. The van der Waals surface area contributed by atoms with Gasteiger partial charge in [0.1, 0.15) is 5.60 Å². The fourth-order valence-electron chi connectivity index (χ4n) is 3.32. The van der Waals surface area contributed by atoms with Gasteiger partial charge in [-0.15, -0.1) is 0 Å². The van der Waals surface area contributed by atoms with Crippen LogP contribution >= 0.6 is 11.6 Å². The zero-order valence-corrected chi connectivity index (χ0v) is 14.3. The lowest BCUT2D eigenvalue weighted by Gasteiger charge is -2.34. The van der Waals surface area contributed by atoms with E-state index in [1.807, 2.05) is 12.1 Å². The van der Waals surface area contributed by atoms with Crippen LogP contribution < -0.4 is 10.2 Å². The summed E-state index contributed by atoms with van der Waals surface area (Å²) in [5.74, 6) is -0.321. The maximum absolute atomic E-state index is 12.3. The number of anilines is 2. The molecule has 1 amide bonds. The van der Waals surface area contributed by atoms with Crippen molar-refractivity contribution >= 4 is 28.9 Å². The van der Waals surface area contributed by atoms with E-state index in [1.165, 1.54) is 0 Å². The Morgan fingerprint density at radius 1 is 1.22 bits per heavy atom. The molecular weight excluding hydrogens is 314 g/mol. The van der Waals surface area contributed by atoms with Crippen LogP contribution in [0, 0.1) is 0 Å². The molecule has 1 aromatic carbocycles. The van der Waals surface area contributed by atoms with Gasteiger partial charge < -0.3 is 20.2 Å². The van der Waals surface area contributed by atoms with Crippen LogP contribution in [0.2, 0.25) is 5.02 Å². The average Bonchev–Trinajstić information content (AvgIpc) is 2.97. The standard InChI is InChI=1S/C17H24ClN3O2/c1-20-8-10-21(11-9-20)15-5-4-13(12-14(15)18)19-16(22)17(23)6-2-3-7-17/h4-5,12,23H,2-3,6-11H2,1H3,(H,19,22). The summed E-state index contributed by atoms with van der Waals surface area (Å²) in [4.78, 5) is 16.8. The van der Waals surface area contributed by atoms with Crippen molar-refractivity contribution in [1.82, 2.24) is 4.90 Å². The second-order valence-electron chi connectivity index (χ2n) is 6.65. The van der Waals surface area contributed by atoms with Crippen molar-refractivity contribution in [3.8, 4) is 0 Å². The van der Waals surface area contributed by atoms with Gasteiger partial charge in [-0.05, 0) is 50.9 Å². The molecule has 1 aromatic rings. The van der Waals surface area contributed by atoms with Crippen LogP contribution in [-0.2, 0) is 4.79 Å². The molecule has 0 aromatic heterocycles. The molecule has 1 saturated carbocycles. The van der Waals surface area contributed by atoms with Gasteiger partial charge in [0, 0.05) is 31.9 Å². The number of amides is 1. The van der Waals surface area contributed by atoms with Crippen LogP contribution in [0.15, 0.2) is 18.2 Å². The topological polar surface area (TPSA) is 55.8 Å². The van der Waals surface area contributed by atoms with Gasteiger partial charge in [-0.2, -0.15) is 0 Å². The lowest BCUT2D eigenvalue weighted by molar-refractivity contribution is -0.133. The molecule has 0 bridgehead atoms. The highest BCUT2D eigenvalue weighted by molar-refractivity contribution is 6.33. The first-order valence-electron chi connectivity index (χ1n) is 8.25. The van der Waals surface area contributed by atoms with Crippen molar-refractivity contribution < 1.29 is 9.90 Å². The van der Waals surface area contributed by atoms with Crippen molar-refractivity contribution in [2.75, 3.05) is 43.4 Å². The summed E-state index contributed by atoms with van der Waals surface area (Å²) in [6, 6.07) is 5.57. The number of carbonyl (C=O) groups is 1. The Labute approximate surface area is 142 Å². The zero-order valence-electron chi connectivity index (χ0n) is 13.5. The molecular formula is C17H24ClN3O2. The van der Waals surface area contributed by atoms with E-state index >= 15 is 0 Å². The molecule has 6 heteroatoms. The van der Waals surface area contributed by atoms with Crippen molar-refractivity contribution in [3.63, 3.8) is 0 Å². The molecule has 2 N–H and O–H groups in total. The average molecular weight is 338 g/mol. The van der Waals surface area contributed by atoms with Gasteiger partial charge in [0.15, 0.2) is 0 Å². The van der Waals surface area contributed by atoms with Gasteiger partial charge in [-0.1, -0.05) is 11.6 Å². The van der Waals surface area contributed by atoms with Crippen LogP contribution in [0.1, 0.15) is 25.7 Å². The third kappa shape index (κ3) is 3.62. The molecule has 1 heterocycles. The predicted octanol–water partition coefficient (Wildman–Crippen LogP) is 2.34. The summed E-state index contributed by atoms with van der Waals surface area (Å²) >= 11 is 6.41. The molecule has 0 atom stereocenters. The summed E-state index contributed by atoms with van der Waals surface area (Å²) < 4.78 is 0. The molecule has 5 nitrogen and oxygen atoms in total. The van der Waals surface area contributed by atoms with Gasteiger partial charge >= 0.3 is 0 Å². The Balaban J connectivity index is 1.68. The van der Waals surface area contributed by atoms with E-state index in [0.717, 1.165) is 44.7 Å². The Hall–Kier alpha value is -1.30. The predicted molar refractivity (Wildman–Crippen MR) is 93.2 cm³/mol. The molecule has 0 unspecified atom stereocenters. The van der Waals surface area contributed by atoms with E-state index in [4.69, 9.17) is 11.6 Å². The zero-order chi connectivity index (χ0) is 16.4. The second kappa shape index (κ2) is 6.67. The highest BCUT2D eigenvalue weighted by atomic mass is 35.5. The highest BCUT2D eigenvalue weighted by Crippen LogP contribution is 2.33. The lowest BCUT2D eigenvalue weighted by atomic mass is 10.0. The first-order valence-corrected chi connectivity index (χ1v) is 8.63. The summed E-state index contributed by atoms with van der Waals surface area (Å²) in [6.45, 7) is 3.92. The molecule has 0 spiro atoms. The molecule has 23 heavy (non-hydrogen) atoms. The quantitative estimate of drug-likeness (QED) is 0.889.